The van der Waals surface area contributed by atoms with Crippen LogP contribution in [-0.2, 0) is 0 Å². The number of nitriles is 1. The largest absolute Gasteiger partial charge is 1.00 e. The van der Waals surface area contributed by atoms with E-state index in [0.29, 0.717) is 16.1 Å². The van der Waals surface area contributed by atoms with Crippen LogP contribution >= 0.6 is 34.8 Å². The number of rotatable bonds is 3. The monoisotopic (exact) mass is 444 g/mol. The van der Waals surface area contributed by atoms with E-state index in [1.165, 1.54) is 12.1 Å². The molecule has 0 spiro atoms. The number of nitrogens with zero attached hydrogens (tertiary/aromatic N) is 4. The molecule has 2 aromatic carbocycles. The SMILES string of the molecule is N#CC(c1ccc(Cl)cc1)c1c(Cl)cc(-n2ncc(=O)[n-]c2=O)cc1Cl.[K+]. The minimum Gasteiger partial charge on any atom is -0.362 e. The third-order valence-electron chi connectivity index (χ3n) is 3.60. The van der Waals surface area contributed by atoms with Crippen LogP contribution in [0, 0.1) is 11.3 Å². The van der Waals surface area contributed by atoms with E-state index in [2.05, 4.69) is 16.2 Å². The van der Waals surface area contributed by atoms with E-state index >= 15 is 0 Å². The standard InChI is InChI=1S/C17H9Cl3N4O2.K/c18-10-3-1-9(2-4-10)12(7-21)16-13(19)5-11(6-14(16)20)24-17(26)23-15(25)8-22-24;/h1-6,8,12H,(H,23,25,26);/q;+1/p-1. The summed E-state index contributed by atoms with van der Waals surface area (Å²) in [5.74, 6) is -0.729. The van der Waals surface area contributed by atoms with Gasteiger partial charge < -0.3 is 9.67 Å². The zero-order valence-electron chi connectivity index (χ0n) is 13.9. The van der Waals surface area contributed by atoms with Gasteiger partial charge in [-0.05, 0) is 35.5 Å². The van der Waals surface area contributed by atoms with E-state index in [-0.39, 0.29) is 67.1 Å². The van der Waals surface area contributed by atoms with Crippen LogP contribution in [0.5, 0.6) is 0 Å². The summed E-state index contributed by atoms with van der Waals surface area (Å²) in [6.07, 6.45) is 0.906. The Morgan fingerprint density at radius 3 is 2.19 bits per heavy atom. The Kier molecular flexibility index (Phi) is 7.86. The summed E-state index contributed by atoms with van der Waals surface area (Å²) < 4.78 is 0.895. The molecular formula is C17H8Cl3KN4O2. The van der Waals surface area contributed by atoms with Crippen LogP contribution in [-0.4, -0.2) is 9.78 Å². The van der Waals surface area contributed by atoms with Gasteiger partial charge in [0.25, 0.3) is 0 Å². The average molecular weight is 446 g/mol. The number of hydrogen-bond acceptors (Lipinski definition) is 4. The summed E-state index contributed by atoms with van der Waals surface area (Å²) in [4.78, 5) is 26.2. The van der Waals surface area contributed by atoms with Crippen molar-refractivity contribution in [2.45, 2.75) is 5.92 Å². The van der Waals surface area contributed by atoms with Crippen LogP contribution in [0.15, 0.2) is 52.2 Å². The number of benzene rings is 2. The van der Waals surface area contributed by atoms with Gasteiger partial charge in [0.1, 0.15) is 0 Å². The maximum Gasteiger partial charge on any atom is 1.00 e. The summed E-state index contributed by atoms with van der Waals surface area (Å²) in [6.45, 7) is 0. The Morgan fingerprint density at radius 2 is 1.67 bits per heavy atom. The van der Waals surface area contributed by atoms with Crippen LogP contribution in [0.25, 0.3) is 5.69 Å². The van der Waals surface area contributed by atoms with Gasteiger partial charge in [-0.2, -0.15) is 5.26 Å². The molecule has 0 radical (unpaired) electrons. The van der Waals surface area contributed by atoms with Crippen molar-refractivity contribution in [1.29, 1.82) is 5.26 Å². The van der Waals surface area contributed by atoms with Crippen molar-refractivity contribution in [1.82, 2.24) is 14.8 Å². The Bertz CT molecular complexity index is 1110. The van der Waals surface area contributed by atoms with Gasteiger partial charge in [0.2, 0.25) is 0 Å². The van der Waals surface area contributed by atoms with Crippen LogP contribution in [0.1, 0.15) is 17.0 Å². The zero-order chi connectivity index (χ0) is 18.8. The van der Waals surface area contributed by atoms with Crippen LogP contribution in [0.2, 0.25) is 15.1 Å². The summed E-state index contributed by atoms with van der Waals surface area (Å²) in [5, 5.41) is 14.2. The Labute approximate surface area is 211 Å². The molecule has 10 heteroatoms. The summed E-state index contributed by atoms with van der Waals surface area (Å²) in [7, 11) is 0. The molecule has 0 aliphatic rings. The number of aromatic nitrogens is 3. The zero-order valence-corrected chi connectivity index (χ0v) is 19.2. The molecule has 27 heavy (non-hydrogen) atoms. The van der Waals surface area contributed by atoms with Gasteiger partial charge in [0, 0.05) is 20.6 Å². The molecule has 3 aromatic rings. The molecule has 0 aliphatic heterocycles. The van der Waals surface area contributed by atoms with Crippen molar-refractivity contribution in [3.63, 3.8) is 0 Å². The maximum absolute atomic E-state index is 11.8. The molecule has 0 saturated heterocycles. The second-order valence-corrected chi connectivity index (χ2v) is 6.48. The molecule has 1 atom stereocenters. The second-order valence-electron chi connectivity index (χ2n) is 5.23. The molecule has 6 nitrogen and oxygen atoms in total. The Balaban J connectivity index is 0.00000261. The van der Waals surface area contributed by atoms with E-state index in [9.17, 15) is 14.9 Å². The van der Waals surface area contributed by atoms with E-state index < -0.39 is 17.2 Å². The van der Waals surface area contributed by atoms with Crippen molar-refractivity contribution >= 4 is 34.8 Å². The van der Waals surface area contributed by atoms with Gasteiger partial charge in [0.15, 0.2) is 11.2 Å². The normalized spacial score (nSPS) is 11.3. The molecule has 0 fully saturated rings. The minimum atomic E-state index is -0.855. The fourth-order valence-electron chi connectivity index (χ4n) is 2.43. The molecule has 0 amide bonds. The summed E-state index contributed by atoms with van der Waals surface area (Å²) >= 11 is 18.6. The fraction of sp³-hybridized carbons (Fsp3) is 0.0588. The van der Waals surface area contributed by atoms with Gasteiger partial charge in [-0.25, -0.2) is 0 Å². The topological polar surface area (TPSA) is 89.8 Å². The summed E-state index contributed by atoms with van der Waals surface area (Å²) in [6, 6.07) is 11.8. The van der Waals surface area contributed by atoms with E-state index in [1.807, 2.05) is 0 Å². The van der Waals surface area contributed by atoms with Gasteiger partial charge in [-0.15, -0.1) is 0 Å². The van der Waals surface area contributed by atoms with Gasteiger partial charge in [-0.3, -0.25) is 14.7 Å². The molecule has 1 heterocycles. The first-order valence-corrected chi connectivity index (χ1v) is 8.32. The quantitative estimate of drug-likeness (QED) is 0.536. The molecular weight excluding hydrogens is 438 g/mol. The predicted octanol–water partition coefficient (Wildman–Crippen LogP) is 0.170. The van der Waals surface area contributed by atoms with Crippen LogP contribution in [0.4, 0.5) is 0 Å². The first kappa shape index (κ1) is 22.3. The maximum atomic E-state index is 11.8. The first-order chi connectivity index (χ1) is 12.4. The van der Waals surface area contributed by atoms with Crippen molar-refractivity contribution < 1.29 is 51.4 Å². The minimum absolute atomic E-state index is 0. The van der Waals surface area contributed by atoms with Crippen LogP contribution < -0.4 is 67.6 Å². The first-order valence-electron chi connectivity index (χ1n) is 7.18. The average Bonchev–Trinajstić information content (AvgIpc) is 2.59. The van der Waals surface area contributed by atoms with Crippen molar-refractivity contribution in [2.24, 2.45) is 0 Å². The Morgan fingerprint density at radius 1 is 1.07 bits per heavy atom. The molecule has 1 aromatic heterocycles. The molecule has 0 N–H and O–H groups in total. The Hall–Kier alpha value is -0.954. The predicted molar refractivity (Wildman–Crippen MR) is 98.4 cm³/mol. The third-order valence-corrected chi connectivity index (χ3v) is 4.48. The molecule has 0 aliphatic carbocycles. The molecule has 0 saturated carbocycles. The van der Waals surface area contributed by atoms with E-state index in [4.69, 9.17) is 34.8 Å². The second kappa shape index (κ2) is 9.50. The van der Waals surface area contributed by atoms with Crippen molar-refractivity contribution in [2.75, 3.05) is 0 Å². The third kappa shape index (κ3) is 4.91. The molecule has 130 valence electrons. The summed E-state index contributed by atoms with van der Waals surface area (Å²) in [5.41, 5.74) is -0.308. The van der Waals surface area contributed by atoms with Gasteiger partial charge in [0.05, 0.1) is 18.2 Å². The smallest absolute Gasteiger partial charge is 0.362 e. The number of halogens is 3. The van der Waals surface area contributed by atoms with Crippen LogP contribution in [0.3, 0.4) is 0 Å². The van der Waals surface area contributed by atoms with Gasteiger partial charge >= 0.3 is 51.4 Å². The van der Waals surface area contributed by atoms with Gasteiger partial charge in [-0.1, -0.05) is 46.9 Å². The molecule has 3 rings (SSSR count). The fourth-order valence-corrected chi connectivity index (χ4v) is 3.25. The van der Waals surface area contributed by atoms with Crippen molar-refractivity contribution in [3.05, 3.63) is 89.6 Å². The van der Waals surface area contributed by atoms with E-state index in [0.717, 1.165) is 10.9 Å². The number of hydrogen-bond donors (Lipinski definition) is 0. The molecule has 1 unspecified atom stereocenters. The molecule has 0 bridgehead atoms. The van der Waals surface area contributed by atoms with Crippen molar-refractivity contribution in [3.8, 4) is 11.8 Å². The van der Waals surface area contributed by atoms with E-state index in [1.54, 1.807) is 24.3 Å².